The third kappa shape index (κ3) is 3.35. The van der Waals surface area contributed by atoms with Crippen LogP contribution in [-0.2, 0) is 16.1 Å². The molecule has 1 N–H and O–H groups in total. The van der Waals surface area contributed by atoms with Crippen LogP contribution in [0, 0.1) is 5.92 Å². The number of aromatic nitrogens is 1. The molecule has 5 heteroatoms. The number of likely N-dealkylation sites (tertiary alicyclic amines) is 1. The Labute approximate surface area is 119 Å². The van der Waals surface area contributed by atoms with E-state index in [1.165, 1.54) is 4.90 Å². The molecule has 0 spiro atoms. The van der Waals surface area contributed by atoms with E-state index in [1.807, 2.05) is 19.1 Å². The van der Waals surface area contributed by atoms with Crippen LogP contribution in [0.25, 0.3) is 0 Å². The third-order valence-corrected chi connectivity index (χ3v) is 3.41. The molecule has 1 saturated heterocycles. The molecule has 1 aliphatic heterocycles. The first kappa shape index (κ1) is 14.5. The number of pyridine rings is 1. The van der Waals surface area contributed by atoms with E-state index in [2.05, 4.69) is 17.2 Å². The lowest BCUT2D eigenvalue weighted by Crippen LogP contribution is -2.42. The lowest BCUT2D eigenvalue weighted by molar-refractivity contribution is -0.150. The van der Waals surface area contributed by atoms with Gasteiger partial charge in [0.05, 0.1) is 6.54 Å². The fourth-order valence-electron chi connectivity index (χ4n) is 2.34. The number of hydrogen-bond acceptors (Lipinski definition) is 4. The number of anilines is 1. The Morgan fingerprint density at radius 3 is 2.70 bits per heavy atom. The molecule has 1 aliphatic rings. The number of nitrogens with one attached hydrogen (secondary N) is 1. The van der Waals surface area contributed by atoms with Crippen molar-refractivity contribution in [2.75, 3.05) is 11.9 Å². The Morgan fingerprint density at radius 2 is 2.05 bits per heavy atom. The highest BCUT2D eigenvalue weighted by molar-refractivity contribution is 5.97. The van der Waals surface area contributed by atoms with Gasteiger partial charge in [-0.3, -0.25) is 14.5 Å². The Kier molecular flexibility index (Phi) is 4.71. The first-order valence-corrected chi connectivity index (χ1v) is 7.12. The molecule has 0 unspecified atom stereocenters. The van der Waals surface area contributed by atoms with Crippen molar-refractivity contribution in [1.29, 1.82) is 0 Å². The fourth-order valence-corrected chi connectivity index (χ4v) is 2.34. The van der Waals surface area contributed by atoms with Crippen LogP contribution < -0.4 is 5.32 Å². The zero-order valence-electron chi connectivity index (χ0n) is 12.1. The van der Waals surface area contributed by atoms with E-state index >= 15 is 0 Å². The van der Waals surface area contributed by atoms with E-state index in [-0.39, 0.29) is 17.7 Å². The Morgan fingerprint density at radius 1 is 1.35 bits per heavy atom. The van der Waals surface area contributed by atoms with Gasteiger partial charge in [0.1, 0.15) is 5.82 Å². The van der Waals surface area contributed by atoms with E-state index in [0.29, 0.717) is 19.4 Å². The number of amides is 2. The van der Waals surface area contributed by atoms with Gasteiger partial charge < -0.3 is 5.32 Å². The number of carbonyl (C=O) groups is 2. The largest absolute Gasteiger partial charge is 0.370 e. The first-order chi connectivity index (χ1) is 9.61. The summed E-state index contributed by atoms with van der Waals surface area (Å²) in [5.41, 5.74) is 0.886. The van der Waals surface area contributed by atoms with Gasteiger partial charge in [0.15, 0.2) is 0 Å². The molecule has 0 aromatic carbocycles. The summed E-state index contributed by atoms with van der Waals surface area (Å²) in [4.78, 5) is 29.7. The number of imide groups is 1. The summed E-state index contributed by atoms with van der Waals surface area (Å²) in [6.07, 6.45) is 3.60. The molecule has 0 bridgehead atoms. The number of nitrogens with zero attached hydrogens (tertiary/aromatic N) is 2. The highest BCUT2D eigenvalue weighted by Gasteiger charge is 2.30. The normalized spacial score (nSPS) is 16.6. The van der Waals surface area contributed by atoms with Crippen LogP contribution in [0.2, 0.25) is 0 Å². The van der Waals surface area contributed by atoms with Crippen molar-refractivity contribution in [3.05, 3.63) is 23.9 Å². The third-order valence-electron chi connectivity index (χ3n) is 3.41. The molecule has 1 aromatic rings. The molecular weight excluding hydrogens is 254 g/mol. The molecular formula is C15H21N3O2. The van der Waals surface area contributed by atoms with Gasteiger partial charge in [-0.05, 0) is 18.4 Å². The van der Waals surface area contributed by atoms with Crippen molar-refractivity contribution >= 4 is 17.6 Å². The van der Waals surface area contributed by atoms with Gasteiger partial charge in [0.25, 0.3) is 0 Å². The smallest absolute Gasteiger partial charge is 0.229 e. The molecule has 2 rings (SSSR count). The monoisotopic (exact) mass is 275 g/mol. The van der Waals surface area contributed by atoms with Crippen molar-refractivity contribution < 1.29 is 9.59 Å². The molecule has 0 aliphatic carbocycles. The summed E-state index contributed by atoms with van der Waals surface area (Å²) in [5.74, 6) is 0.740. The molecule has 2 heterocycles. The Hall–Kier alpha value is -1.91. The first-order valence-electron chi connectivity index (χ1n) is 7.12. The van der Waals surface area contributed by atoms with Crippen LogP contribution in [0.5, 0.6) is 0 Å². The zero-order chi connectivity index (χ0) is 14.5. The van der Waals surface area contributed by atoms with Crippen LogP contribution in [0.15, 0.2) is 18.3 Å². The summed E-state index contributed by atoms with van der Waals surface area (Å²) in [5, 5.41) is 3.23. The summed E-state index contributed by atoms with van der Waals surface area (Å²) in [6.45, 7) is 5.15. The van der Waals surface area contributed by atoms with Crippen LogP contribution in [0.1, 0.15) is 38.7 Å². The molecule has 1 fully saturated rings. The predicted molar refractivity (Wildman–Crippen MR) is 77.0 cm³/mol. The van der Waals surface area contributed by atoms with E-state index in [1.54, 1.807) is 6.20 Å². The van der Waals surface area contributed by atoms with Crippen LogP contribution >= 0.6 is 0 Å². The zero-order valence-corrected chi connectivity index (χ0v) is 12.1. The van der Waals surface area contributed by atoms with Crippen molar-refractivity contribution in [3.63, 3.8) is 0 Å². The highest BCUT2D eigenvalue weighted by Crippen LogP contribution is 2.22. The molecule has 1 aromatic heterocycles. The minimum atomic E-state index is -0.0842. The summed E-state index contributed by atoms with van der Waals surface area (Å²) < 4.78 is 0. The number of rotatable bonds is 5. The average Bonchev–Trinajstić information content (AvgIpc) is 2.41. The van der Waals surface area contributed by atoms with E-state index < -0.39 is 0 Å². The van der Waals surface area contributed by atoms with E-state index in [9.17, 15) is 9.59 Å². The molecule has 20 heavy (non-hydrogen) atoms. The maximum atomic E-state index is 12.0. The summed E-state index contributed by atoms with van der Waals surface area (Å²) in [7, 11) is 0. The second-order valence-electron chi connectivity index (χ2n) is 5.32. The number of carbonyl (C=O) groups excluding carboxylic acids is 2. The molecule has 0 atom stereocenters. The van der Waals surface area contributed by atoms with Crippen molar-refractivity contribution in [3.8, 4) is 0 Å². The number of hydrogen-bond donors (Lipinski definition) is 1. The molecule has 2 amide bonds. The van der Waals surface area contributed by atoms with Gasteiger partial charge in [0, 0.05) is 31.1 Å². The topological polar surface area (TPSA) is 62.3 Å². The van der Waals surface area contributed by atoms with Crippen LogP contribution in [0.3, 0.4) is 0 Å². The van der Waals surface area contributed by atoms with Crippen LogP contribution in [-0.4, -0.2) is 28.2 Å². The standard InChI is InChI=1S/C15H21N3O2/c1-3-6-16-15-12(5-4-7-17-15)10-18-13(19)8-11(2)9-14(18)20/h4-5,7,11H,3,6,8-10H2,1-2H3,(H,16,17). The minimum absolute atomic E-state index is 0.0842. The van der Waals surface area contributed by atoms with Gasteiger partial charge in [-0.2, -0.15) is 0 Å². The number of piperidine rings is 1. The molecule has 5 nitrogen and oxygen atoms in total. The van der Waals surface area contributed by atoms with E-state index in [4.69, 9.17) is 0 Å². The fraction of sp³-hybridized carbons (Fsp3) is 0.533. The van der Waals surface area contributed by atoms with Gasteiger partial charge in [-0.25, -0.2) is 4.98 Å². The average molecular weight is 275 g/mol. The predicted octanol–water partition coefficient (Wildman–Crippen LogP) is 2.19. The van der Waals surface area contributed by atoms with Crippen molar-refractivity contribution in [2.45, 2.75) is 39.7 Å². The Balaban J connectivity index is 2.13. The lowest BCUT2D eigenvalue weighted by atomic mass is 9.97. The molecule has 0 saturated carbocycles. The van der Waals surface area contributed by atoms with Gasteiger partial charge in [-0.15, -0.1) is 0 Å². The lowest BCUT2D eigenvalue weighted by Gasteiger charge is -2.28. The van der Waals surface area contributed by atoms with Gasteiger partial charge in [-0.1, -0.05) is 19.9 Å². The molecule has 0 radical (unpaired) electrons. The Bertz CT molecular complexity index is 484. The van der Waals surface area contributed by atoms with Crippen molar-refractivity contribution in [2.24, 2.45) is 5.92 Å². The highest BCUT2D eigenvalue weighted by atomic mass is 16.2. The summed E-state index contributed by atoms with van der Waals surface area (Å²) in [6, 6.07) is 3.73. The quantitative estimate of drug-likeness (QED) is 0.837. The van der Waals surface area contributed by atoms with Crippen molar-refractivity contribution in [1.82, 2.24) is 9.88 Å². The summed E-state index contributed by atoms with van der Waals surface area (Å²) >= 11 is 0. The molecule has 108 valence electrons. The minimum Gasteiger partial charge on any atom is -0.370 e. The second kappa shape index (κ2) is 6.50. The van der Waals surface area contributed by atoms with Gasteiger partial charge in [0.2, 0.25) is 11.8 Å². The second-order valence-corrected chi connectivity index (χ2v) is 5.32. The maximum absolute atomic E-state index is 12.0. The SMILES string of the molecule is CCCNc1ncccc1CN1C(=O)CC(C)CC1=O. The van der Waals surface area contributed by atoms with Crippen LogP contribution in [0.4, 0.5) is 5.82 Å². The maximum Gasteiger partial charge on any atom is 0.229 e. The van der Waals surface area contributed by atoms with E-state index in [0.717, 1.165) is 24.3 Å². The van der Waals surface area contributed by atoms with Gasteiger partial charge >= 0.3 is 0 Å².